The summed E-state index contributed by atoms with van der Waals surface area (Å²) in [5.41, 5.74) is 7.77. The van der Waals surface area contributed by atoms with E-state index in [-0.39, 0.29) is 36.8 Å². The molecule has 0 unspecified atom stereocenters. The standard InChI is InChI=1S/C52H51N3O5/c1-35-49(33-55(3)36(2)41-24-23-39-12-7-8-13-43(39)30-41)59-51(60-50(35)40-21-19-37(34-56)20-22-40)45-16-10-15-44(31-45)42-14-9-11-38(29-42)32-53-52(57)54-46-25-27-48(28-26-46)58-47-17-5-4-6-18-47/h4-31,35-36,49-51,56H,32-34H2,1-3H3,(H2,53,54,57)/t35-,36+,49+,50+,51+/m0/s1. The van der Waals surface area contributed by atoms with Crippen LogP contribution >= 0.6 is 0 Å². The topological polar surface area (TPSA) is 92.3 Å². The van der Waals surface area contributed by atoms with E-state index in [1.54, 1.807) is 0 Å². The Morgan fingerprint density at radius 2 is 1.40 bits per heavy atom. The van der Waals surface area contributed by atoms with E-state index in [2.05, 4.69) is 121 Å². The Balaban J connectivity index is 0.954. The fourth-order valence-corrected chi connectivity index (χ4v) is 7.81. The van der Waals surface area contributed by atoms with E-state index in [9.17, 15) is 9.90 Å². The van der Waals surface area contributed by atoms with Crippen molar-refractivity contribution in [3.8, 4) is 22.6 Å². The van der Waals surface area contributed by atoms with Crippen LogP contribution in [0.3, 0.4) is 0 Å². The van der Waals surface area contributed by atoms with Crippen molar-refractivity contribution in [2.24, 2.45) is 5.92 Å². The number of ether oxygens (including phenoxy) is 3. The molecule has 0 radical (unpaired) electrons. The highest BCUT2D eigenvalue weighted by molar-refractivity contribution is 5.89. The third-order valence-corrected chi connectivity index (χ3v) is 11.5. The van der Waals surface area contributed by atoms with E-state index >= 15 is 0 Å². The molecule has 8 rings (SSSR count). The summed E-state index contributed by atoms with van der Waals surface area (Å²) < 4.78 is 19.6. The summed E-state index contributed by atoms with van der Waals surface area (Å²) in [6.07, 6.45) is -0.967. The quantitative estimate of drug-likeness (QED) is 0.108. The molecule has 2 amide bonds. The monoisotopic (exact) mass is 797 g/mol. The van der Waals surface area contributed by atoms with E-state index in [0.29, 0.717) is 24.5 Å². The van der Waals surface area contributed by atoms with Crippen LogP contribution in [0.2, 0.25) is 0 Å². The number of para-hydroxylation sites is 1. The number of aliphatic hydroxyl groups is 1. The number of carbonyl (C=O) groups excluding carboxylic acids is 1. The number of fused-ring (bicyclic) bond motifs is 1. The van der Waals surface area contributed by atoms with Crippen molar-refractivity contribution in [1.82, 2.24) is 10.2 Å². The number of likely N-dealkylation sites (N-methyl/N-ethyl adjacent to an activating group) is 1. The minimum atomic E-state index is -0.606. The van der Waals surface area contributed by atoms with Gasteiger partial charge in [-0.2, -0.15) is 0 Å². The highest BCUT2D eigenvalue weighted by atomic mass is 16.7. The normalized spacial score (nSPS) is 18.2. The number of hydrogen-bond acceptors (Lipinski definition) is 6. The molecule has 8 heteroatoms. The highest BCUT2D eigenvalue weighted by Gasteiger charge is 2.39. The lowest BCUT2D eigenvalue weighted by Gasteiger charge is -2.43. The zero-order valence-corrected chi connectivity index (χ0v) is 34.2. The fraction of sp³-hybridized carbons (Fsp3) is 0.212. The van der Waals surface area contributed by atoms with Crippen LogP contribution in [0.15, 0.2) is 170 Å². The lowest BCUT2D eigenvalue weighted by Crippen LogP contribution is -2.44. The molecule has 0 saturated carbocycles. The molecule has 7 aromatic carbocycles. The number of nitrogens with one attached hydrogen (secondary N) is 2. The molecular formula is C52H51N3O5. The largest absolute Gasteiger partial charge is 0.457 e. The fourth-order valence-electron chi connectivity index (χ4n) is 7.81. The van der Waals surface area contributed by atoms with E-state index in [1.807, 2.05) is 84.9 Å². The zero-order valence-electron chi connectivity index (χ0n) is 34.2. The molecule has 1 heterocycles. The smallest absolute Gasteiger partial charge is 0.319 e. The molecule has 0 aliphatic carbocycles. The molecule has 1 saturated heterocycles. The third kappa shape index (κ3) is 9.76. The van der Waals surface area contributed by atoms with Crippen LogP contribution < -0.4 is 15.4 Å². The van der Waals surface area contributed by atoms with Crippen LogP contribution in [0, 0.1) is 5.92 Å². The van der Waals surface area contributed by atoms with E-state index in [1.165, 1.54) is 16.3 Å². The van der Waals surface area contributed by atoms with Gasteiger partial charge in [-0.15, -0.1) is 0 Å². The van der Waals surface area contributed by atoms with Gasteiger partial charge >= 0.3 is 6.03 Å². The summed E-state index contributed by atoms with van der Waals surface area (Å²) in [5, 5.41) is 18.1. The molecule has 304 valence electrons. The molecule has 1 aliphatic heterocycles. The molecule has 0 bridgehead atoms. The third-order valence-electron chi connectivity index (χ3n) is 11.5. The number of hydrogen-bond donors (Lipinski definition) is 3. The molecular weight excluding hydrogens is 747 g/mol. The average molecular weight is 798 g/mol. The highest BCUT2D eigenvalue weighted by Crippen LogP contribution is 2.43. The Kier molecular flexibility index (Phi) is 12.6. The van der Waals surface area contributed by atoms with Crippen LogP contribution in [-0.2, 0) is 22.6 Å². The Morgan fingerprint density at radius 3 is 2.17 bits per heavy atom. The second kappa shape index (κ2) is 18.7. The Hall–Kier alpha value is -6.29. The minimum Gasteiger partial charge on any atom is -0.457 e. The number of aliphatic hydroxyl groups excluding tert-OH is 1. The molecule has 0 spiro atoms. The lowest BCUT2D eigenvalue weighted by atomic mass is 9.89. The van der Waals surface area contributed by atoms with Crippen LogP contribution in [0.1, 0.15) is 60.1 Å². The molecule has 0 aromatic heterocycles. The maximum atomic E-state index is 12.9. The van der Waals surface area contributed by atoms with Crippen LogP contribution in [-0.4, -0.2) is 35.7 Å². The number of anilines is 1. The van der Waals surface area contributed by atoms with Crippen LogP contribution in [0.25, 0.3) is 21.9 Å². The van der Waals surface area contributed by atoms with Gasteiger partial charge in [0.25, 0.3) is 0 Å². The van der Waals surface area contributed by atoms with Gasteiger partial charge in [0.05, 0.1) is 18.8 Å². The van der Waals surface area contributed by atoms with Crippen molar-refractivity contribution in [1.29, 1.82) is 0 Å². The lowest BCUT2D eigenvalue weighted by molar-refractivity contribution is -0.276. The number of benzene rings is 7. The van der Waals surface area contributed by atoms with Gasteiger partial charge in [-0.25, -0.2) is 4.79 Å². The molecule has 1 aliphatic rings. The predicted molar refractivity (Wildman–Crippen MR) is 239 cm³/mol. The number of nitrogens with zero attached hydrogens (tertiary/aromatic N) is 1. The van der Waals surface area contributed by atoms with Crippen molar-refractivity contribution < 1.29 is 24.1 Å². The van der Waals surface area contributed by atoms with E-state index in [4.69, 9.17) is 14.2 Å². The maximum Gasteiger partial charge on any atom is 0.319 e. The predicted octanol–water partition coefficient (Wildman–Crippen LogP) is 11.6. The molecule has 60 heavy (non-hydrogen) atoms. The summed E-state index contributed by atoms with van der Waals surface area (Å²) in [6.45, 7) is 5.50. The van der Waals surface area contributed by atoms with Gasteiger partial charge < -0.3 is 30.0 Å². The van der Waals surface area contributed by atoms with Gasteiger partial charge in [0.15, 0.2) is 6.29 Å². The van der Waals surface area contributed by atoms with E-state index in [0.717, 1.165) is 39.1 Å². The number of urea groups is 1. The molecule has 3 N–H and O–H groups in total. The summed E-state index contributed by atoms with van der Waals surface area (Å²) in [7, 11) is 2.16. The first-order valence-corrected chi connectivity index (χ1v) is 20.6. The van der Waals surface area contributed by atoms with Crippen molar-refractivity contribution in [2.45, 2.75) is 51.5 Å². The van der Waals surface area contributed by atoms with Crippen molar-refractivity contribution in [3.05, 3.63) is 198 Å². The molecule has 5 atom stereocenters. The van der Waals surface area contributed by atoms with Crippen molar-refractivity contribution in [3.63, 3.8) is 0 Å². The first kappa shape index (κ1) is 40.5. The second-order valence-corrected chi connectivity index (χ2v) is 15.6. The summed E-state index contributed by atoms with van der Waals surface area (Å²) in [4.78, 5) is 15.2. The SMILES string of the molecule is C[C@H]1[C@@H](CN(C)[C@H](C)c2ccc3ccccc3c2)O[C@@H](c2cccc(-c3cccc(CNC(=O)Nc4ccc(Oc5ccccc5)cc4)c3)c2)O[C@H]1c1ccc(CO)cc1. The first-order valence-electron chi connectivity index (χ1n) is 20.6. The van der Waals surface area contributed by atoms with Gasteiger partial charge in [-0.1, -0.05) is 122 Å². The van der Waals surface area contributed by atoms with Gasteiger partial charge in [-0.05, 0) is 113 Å². The van der Waals surface area contributed by atoms with Crippen molar-refractivity contribution in [2.75, 3.05) is 18.9 Å². The average Bonchev–Trinajstić information content (AvgIpc) is 3.29. The first-order chi connectivity index (χ1) is 29.3. The number of rotatable bonds is 13. The molecule has 8 nitrogen and oxygen atoms in total. The maximum absolute atomic E-state index is 12.9. The van der Waals surface area contributed by atoms with Crippen LogP contribution in [0.5, 0.6) is 11.5 Å². The van der Waals surface area contributed by atoms with Gasteiger partial charge in [0.2, 0.25) is 0 Å². The van der Waals surface area contributed by atoms with E-state index < -0.39 is 6.29 Å². The van der Waals surface area contributed by atoms with Crippen LogP contribution in [0.4, 0.5) is 10.5 Å². The molecule has 7 aromatic rings. The summed E-state index contributed by atoms with van der Waals surface area (Å²) in [6, 6.07) is 56.4. The van der Waals surface area contributed by atoms with Gasteiger partial charge in [0, 0.05) is 36.3 Å². The number of amides is 2. The summed E-state index contributed by atoms with van der Waals surface area (Å²) in [5.74, 6) is 1.48. The molecule has 1 fully saturated rings. The Morgan fingerprint density at radius 1 is 0.700 bits per heavy atom. The summed E-state index contributed by atoms with van der Waals surface area (Å²) >= 11 is 0. The zero-order chi connectivity index (χ0) is 41.4. The number of carbonyl (C=O) groups is 1. The van der Waals surface area contributed by atoms with Gasteiger partial charge in [-0.3, -0.25) is 4.90 Å². The van der Waals surface area contributed by atoms with Crippen molar-refractivity contribution >= 4 is 22.5 Å². The Labute approximate surface area is 352 Å². The minimum absolute atomic E-state index is 0.00902. The second-order valence-electron chi connectivity index (χ2n) is 15.6. The van der Waals surface area contributed by atoms with Gasteiger partial charge in [0.1, 0.15) is 11.5 Å². The Bertz CT molecular complexity index is 2510.